The molecule has 0 rings (SSSR count). The Morgan fingerprint density at radius 1 is 1.57 bits per heavy atom. The Bertz CT molecular complexity index is 20.4. The van der Waals surface area contributed by atoms with Crippen LogP contribution in [-0.4, -0.2) is 11.7 Å². The van der Waals surface area contributed by atoms with Gasteiger partial charge < -0.3 is 5.11 Å². The third-order valence-electron chi connectivity index (χ3n) is 0.224. The van der Waals surface area contributed by atoms with Crippen LogP contribution in [0.25, 0.3) is 0 Å². The molecule has 1 nitrogen and oxygen atoms in total. The second kappa shape index (κ2) is 15.7. The summed E-state index contributed by atoms with van der Waals surface area (Å²) < 4.78 is 0. The van der Waals surface area contributed by atoms with E-state index in [2.05, 4.69) is 40.0 Å². The first-order valence-electron chi connectivity index (χ1n) is 1.86. The van der Waals surface area contributed by atoms with Crippen LogP contribution >= 0.6 is 40.0 Å². The van der Waals surface area contributed by atoms with E-state index < -0.39 is 0 Å². The van der Waals surface area contributed by atoms with E-state index in [0.29, 0.717) is 16.1 Å². The zero-order chi connectivity index (χ0) is 6.12. The molecule has 0 amide bonds. The fraction of sp³-hybridized carbons (Fsp3) is 1.00. The minimum absolute atomic E-state index is 0.319. The van der Waals surface area contributed by atoms with Gasteiger partial charge in [0.05, 0.1) is 0 Å². The third kappa shape index (κ3) is 32.0. The Kier molecular flexibility index (Phi) is 26.3. The van der Waals surface area contributed by atoms with Crippen LogP contribution in [0.2, 0.25) is 0 Å². The molecular weight excluding hydrogens is 357 g/mol. The van der Waals surface area contributed by atoms with Crippen molar-refractivity contribution in [1.29, 1.82) is 0 Å². The van der Waals surface area contributed by atoms with E-state index in [1.165, 1.54) is 0 Å². The number of hydrogen-bond acceptors (Lipinski definition) is 1. The summed E-state index contributed by atoms with van der Waals surface area (Å²) >= 11 is 4.74. The van der Waals surface area contributed by atoms with Crippen LogP contribution in [0.4, 0.5) is 0 Å². The number of halogens is 2. The molecule has 0 aromatic rings. The van der Waals surface area contributed by atoms with E-state index in [4.69, 9.17) is 5.11 Å². The summed E-state index contributed by atoms with van der Waals surface area (Å²) in [7, 11) is 0.628. The molecule has 0 aliphatic carbocycles. The molecule has 1 N–H and O–H groups in total. The zero-order valence-electron chi connectivity index (χ0n) is 4.06. The van der Waals surface area contributed by atoms with Gasteiger partial charge in [-0.15, -0.1) is 0 Å². The van der Waals surface area contributed by atoms with Crippen molar-refractivity contribution >= 4 is 40.0 Å². The monoisotopic (exact) mass is 365 g/mol. The van der Waals surface area contributed by atoms with Gasteiger partial charge in [-0.05, 0) is 6.42 Å². The first-order chi connectivity index (χ1) is 3.33. The van der Waals surface area contributed by atoms with E-state index in [1.807, 2.05) is 6.92 Å². The summed E-state index contributed by atoms with van der Waals surface area (Å²) in [5, 5.41) is 7.88. The molecule has 0 atom stereocenters. The van der Waals surface area contributed by atoms with E-state index in [0.717, 1.165) is 6.42 Å². The summed E-state index contributed by atoms with van der Waals surface area (Å²) in [4.78, 5) is 0. The molecule has 0 unspecified atom stereocenters. The second-order valence-corrected chi connectivity index (χ2v) is 12.6. The van der Waals surface area contributed by atoms with Gasteiger partial charge in [0.15, 0.2) is 0 Å². The molecule has 0 aliphatic rings. The molecule has 0 bridgehead atoms. The van der Waals surface area contributed by atoms with Crippen molar-refractivity contribution < 1.29 is 14.6 Å². The standard InChI is InChI=1S/C3H8O.2HI.V/c1-2-3-4;;;/h4H,2-3H2,1H3;2*1H;/q;;;+2/p-2. The summed E-state index contributed by atoms with van der Waals surface area (Å²) in [6.45, 7) is 2.25. The molecule has 0 fully saturated rings. The van der Waals surface area contributed by atoms with Gasteiger partial charge in [-0.25, -0.2) is 0 Å². The topological polar surface area (TPSA) is 20.2 Å². The number of aliphatic hydroxyl groups excluding tert-OH is 1. The van der Waals surface area contributed by atoms with E-state index in [9.17, 15) is 0 Å². The van der Waals surface area contributed by atoms with Crippen molar-refractivity contribution in [2.24, 2.45) is 0 Å². The zero-order valence-corrected chi connectivity index (χ0v) is 9.78. The summed E-state index contributed by atoms with van der Waals surface area (Å²) in [6, 6.07) is 0. The Labute approximate surface area is 73.5 Å². The fourth-order valence-corrected chi connectivity index (χ4v) is 0. The van der Waals surface area contributed by atoms with Gasteiger partial charge in [-0.1, -0.05) is 6.92 Å². The average molecular weight is 365 g/mol. The number of aliphatic hydroxyl groups is 1. The van der Waals surface area contributed by atoms with Gasteiger partial charge in [0.25, 0.3) is 0 Å². The summed E-state index contributed by atoms with van der Waals surface area (Å²) in [5.74, 6) is 0. The Hall–Kier alpha value is 2.00. The van der Waals surface area contributed by atoms with Gasteiger partial charge in [-0.3, -0.25) is 0 Å². The molecule has 0 aromatic carbocycles. The summed E-state index contributed by atoms with van der Waals surface area (Å²) in [5.41, 5.74) is 0. The van der Waals surface area contributed by atoms with Crippen LogP contribution in [0.15, 0.2) is 0 Å². The fourth-order valence-electron chi connectivity index (χ4n) is 0. The Morgan fingerprint density at radius 3 is 1.71 bits per heavy atom. The Balaban J connectivity index is 0. The molecule has 4 heteroatoms. The molecule has 7 heavy (non-hydrogen) atoms. The van der Waals surface area contributed by atoms with Gasteiger partial charge in [0.2, 0.25) is 0 Å². The van der Waals surface area contributed by atoms with Crippen molar-refractivity contribution in [2.75, 3.05) is 6.61 Å². The van der Waals surface area contributed by atoms with Crippen molar-refractivity contribution in [2.45, 2.75) is 13.3 Å². The maximum atomic E-state index is 7.88. The van der Waals surface area contributed by atoms with E-state index in [-0.39, 0.29) is 0 Å². The first kappa shape index (κ1) is 11.8. The maximum absolute atomic E-state index is 7.88. The SMILES string of the molecule is CCCO.[I][V][I]. The van der Waals surface area contributed by atoms with Crippen molar-refractivity contribution in [3.8, 4) is 0 Å². The molecule has 0 saturated carbocycles. The van der Waals surface area contributed by atoms with Crippen molar-refractivity contribution in [3.05, 3.63) is 0 Å². The van der Waals surface area contributed by atoms with Crippen molar-refractivity contribution in [1.82, 2.24) is 0 Å². The number of rotatable bonds is 1. The normalized spacial score (nSPS) is 6.29. The summed E-state index contributed by atoms with van der Waals surface area (Å²) in [6.07, 6.45) is 0.875. The van der Waals surface area contributed by atoms with E-state index >= 15 is 0 Å². The van der Waals surface area contributed by atoms with E-state index in [1.54, 1.807) is 0 Å². The van der Waals surface area contributed by atoms with Gasteiger partial charge in [0.1, 0.15) is 0 Å². The second-order valence-electron chi connectivity index (χ2n) is 0.787. The van der Waals surface area contributed by atoms with Gasteiger partial charge >= 0.3 is 49.4 Å². The van der Waals surface area contributed by atoms with Crippen LogP contribution in [0, 0.1) is 0 Å². The van der Waals surface area contributed by atoms with Crippen LogP contribution < -0.4 is 0 Å². The minimum atomic E-state index is 0.319. The third-order valence-corrected chi connectivity index (χ3v) is 0.224. The molecule has 0 aliphatic heterocycles. The predicted molar refractivity (Wildman–Crippen MR) is 45.4 cm³/mol. The molecule has 0 radical (unpaired) electrons. The molecule has 0 aromatic heterocycles. The number of hydrogen-bond donors (Lipinski definition) is 1. The molecular formula is C3H8I2OV. The molecule has 0 heterocycles. The quantitative estimate of drug-likeness (QED) is 0.707. The van der Waals surface area contributed by atoms with Crippen LogP contribution in [0.1, 0.15) is 13.3 Å². The molecule has 45 valence electrons. The van der Waals surface area contributed by atoms with Crippen LogP contribution in [0.3, 0.4) is 0 Å². The Morgan fingerprint density at radius 2 is 1.71 bits per heavy atom. The molecule has 0 saturated heterocycles. The predicted octanol–water partition coefficient (Wildman–Crippen LogP) is 2.16. The first-order valence-corrected chi connectivity index (χ1v) is 10.9. The van der Waals surface area contributed by atoms with Crippen molar-refractivity contribution in [3.63, 3.8) is 0 Å². The van der Waals surface area contributed by atoms with Gasteiger partial charge in [-0.2, -0.15) is 0 Å². The van der Waals surface area contributed by atoms with Crippen LogP contribution in [-0.2, 0) is 9.47 Å². The van der Waals surface area contributed by atoms with Crippen LogP contribution in [0.5, 0.6) is 0 Å². The average Bonchev–Trinajstić information content (AvgIpc) is 1.69. The van der Waals surface area contributed by atoms with Gasteiger partial charge in [0, 0.05) is 6.61 Å². The molecule has 0 spiro atoms.